The Morgan fingerprint density at radius 1 is 1.22 bits per heavy atom. The maximum atomic E-state index is 12.7. The summed E-state index contributed by atoms with van der Waals surface area (Å²) < 4.78 is 38.0. The number of hydrogen-bond donors (Lipinski definition) is 1. The molecule has 0 spiro atoms. The largest absolute Gasteiger partial charge is 0.435 e. The zero-order valence-corrected chi connectivity index (χ0v) is 9.68. The molecule has 0 aliphatic heterocycles. The van der Waals surface area contributed by atoms with Crippen molar-refractivity contribution in [3.8, 4) is 10.6 Å². The van der Waals surface area contributed by atoms with Gasteiger partial charge in [-0.15, -0.1) is 11.3 Å². The molecule has 7 heteroatoms. The zero-order chi connectivity index (χ0) is 13.3. The highest BCUT2D eigenvalue weighted by atomic mass is 32.1. The summed E-state index contributed by atoms with van der Waals surface area (Å²) in [5.41, 5.74) is 4.23. The molecule has 94 valence electrons. The van der Waals surface area contributed by atoms with Crippen LogP contribution < -0.4 is 5.73 Å². The second kappa shape index (κ2) is 4.41. The fourth-order valence-electron chi connectivity index (χ4n) is 1.38. The first-order valence-electron chi connectivity index (χ1n) is 4.83. The van der Waals surface area contributed by atoms with Crippen LogP contribution in [0.2, 0.25) is 0 Å². The van der Waals surface area contributed by atoms with Crippen molar-refractivity contribution in [2.24, 2.45) is 5.73 Å². The number of thiazole rings is 1. The van der Waals surface area contributed by atoms with Gasteiger partial charge in [0.1, 0.15) is 9.88 Å². The van der Waals surface area contributed by atoms with Crippen LogP contribution >= 0.6 is 11.3 Å². The van der Waals surface area contributed by atoms with Crippen LogP contribution in [0.1, 0.15) is 15.4 Å². The molecule has 0 unspecified atom stereocenters. The lowest BCUT2D eigenvalue weighted by Gasteiger charge is -2.02. The van der Waals surface area contributed by atoms with Crippen molar-refractivity contribution >= 4 is 17.2 Å². The molecule has 1 aromatic carbocycles. The van der Waals surface area contributed by atoms with Crippen molar-refractivity contribution in [2.75, 3.05) is 0 Å². The molecule has 18 heavy (non-hydrogen) atoms. The first kappa shape index (κ1) is 12.6. The first-order chi connectivity index (χ1) is 8.39. The summed E-state index contributed by atoms with van der Waals surface area (Å²) in [6, 6.07) is 8.31. The number of nitrogens with zero attached hydrogens (tertiary/aromatic N) is 1. The molecule has 0 bridgehead atoms. The monoisotopic (exact) mass is 272 g/mol. The predicted octanol–water partition coefficient (Wildman–Crippen LogP) is 2.93. The standard InChI is InChI=1S/C11H7F3N2OS/c12-11(13,14)8-7(9(15)17)18-10(16-8)6-4-2-1-3-5-6/h1-5H,(H2,15,17). The Kier molecular flexibility index (Phi) is 3.08. The van der Waals surface area contributed by atoms with Crippen molar-refractivity contribution in [3.63, 3.8) is 0 Å². The fourth-order valence-corrected chi connectivity index (χ4v) is 2.33. The van der Waals surface area contributed by atoms with E-state index < -0.39 is 22.7 Å². The van der Waals surface area contributed by atoms with Gasteiger partial charge in [0.25, 0.3) is 5.91 Å². The van der Waals surface area contributed by atoms with Gasteiger partial charge < -0.3 is 5.73 Å². The number of amides is 1. The van der Waals surface area contributed by atoms with E-state index in [1.807, 2.05) is 0 Å². The topological polar surface area (TPSA) is 56.0 Å². The molecule has 1 amide bonds. The lowest BCUT2D eigenvalue weighted by molar-refractivity contribution is -0.141. The number of benzene rings is 1. The van der Waals surface area contributed by atoms with Gasteiger partial charge in [-0.05, 0) is 0 Å². The molecule has 1 heterocycles. The Hall–Kier alpha value is -1.89. The van der Waals surface area contributed by atoms with Crippen molar-refractivity contribution in [1.29, 1.82) is 0 Å². The second-order valence-electron chi connectivity index (χ2n) is 3.42. The van der Waals surface area contributed by atoms with Crippen molar-refractivity contribution < 1.29 is 18.0 Å². The van der Waals surface area contributed by atoms with Crippen molar-refractivity contribution in [1.82, 2.24) is 4.98 Å². The number of carbonyl (C=O) groups excluding carboxylic acids is 1. The SMILES string of the molecule is NC(=O)c1sc(-c2ccccc2)nc1C(F)(F)F. The van der Waals surface area contributed by atoms with E-state index in [1.165, 1.54) is 0 Å². The van der Waals surface area contributed by atoms with E-state index in [-0.39, 0.29) is 5.01 Å². The first-order valence-corrected chi connectivity index (χ1v) is 5.64. The Balaban J connectivity index is 2.57. The molecule has 0 radical (unpaired) electrons. The van der Waals surface area contributed by atoms with Crippen LogP contribution in [0.4, 0.5) is 13.2 Å². The van der Waals surface area contributed by atoms with Crippen LogP contribution in [-0.2, 0) is 6.18 Å². The summed E-state index contributed by atoms with van der Waals surface area (Å²) in [5, 5.41) is 0.122. The van der Waals surface area contributed by atoms with Crippen LogP contribution in [0.25, 0.3) is 10.6 Å². The van der Waals surface area contributed by atoms with Gasteiger partial charge in [-0.2, -0.15) is 13.2 Å². The molecule has 2 N–H and O–H groups in total. The third-order valence-corrected chi connectivity index (χ3v) is 3.26. The lowest BCUT2D eigenvalue weighted by atomic mass is 10.2. The number of halogens is 3. The summed E-state index contributed by atoms with van der Waals surface area (Å²) in [7, 11) is 0. The minimum absolute atomic E-state index is 0.122. The molecule has 0 atom stereocenters. The van der Waals surface area contributed by atoms with E-state index in [0.29, 0.717) is 16.9 Å². The third-order valence-electron chi connectivity index (χ3n) is 2.14. The van der Waals surface area contributed by atoms with Crippen LogP contribution in [-0.4, -0.2) is 10.9 Å². The van der Waals surface area contributed by atoms with E-state index in [9.17, 15) is 18.0 Å². The molecule has 0 saturated carbocycles. The van der Waals surface area contributed by atoms with E-state index in [4.69, 9.17) is 5.73 Å². The summed E-state index contributed by atoms with van der Waals surface area (Å²) in [4.78, 5) is 13.9. The predicted molar refractivity (Wildman–Crippen MR) is 61.1 cm³/mol. The smallest absolute Gasteiger partial charge is 0.365 e. The van der Waals surface area contributed by atoms with E-state index in [2.05, 4.69) is 4.98 Å². The summed E-state index contributed by atoms with van der Waals surface area (Å²) >= 11 is 0.642. The number of primary amides is 1. The quantitative estimate of drug-likeness (QED) is 0.913. The lowest BCUT2D eigenvalue weighted by Crippen LogP contribution is -2.16. The molecule has 2 aromatic rings. The zero-order valence-electron chi connectivity index (χ0n) is 8.86. The normalized spacial score (nSPS) is 11.5. The average Bonchev–Trinajstić information content (AvgIpc) is 2.74. The van der Waals surface area contributed by atoms with Crippen LogP contribution in [0.5, 0.6) is 0 Å². The van der Waals surface area contributed by atoms with Crippen molar-refractivity contribution in [2.45, 2.75) is 6.18 Å². The van der Waals surface area contributed by atoms with Gasteiger partial charge in [-0.1, -0.05) is 30.3 Å². The molecule has 0 aliphatic carbocycles. The van der Waals surface area contributed by atoms with Gasteiger partial charge in [-0.3, -0.25) is 4.79 Å². The number of nitrogens with two attached hydrogens (primary N) is 1. The van der Waals surface area contributed by atoms with Gasteiger partial charge in [0, 0.05) is 5.56 Å². The minimum atomic E-state index is -4.69. The molecular formula is C11H7F3N2OS. The third kappa shape index (κ3) is 2.35. The van der Waals surface area contributed by atoms with Gasteiger partial charge >= 0.3 is 6.18 Å². The summed E-state index contributed by atoms with van der Waals surface area (Å²) in [6.07, 6.45) is -4.69. The van der Waals surface area contributed by atoms with Gasteiger partial charge in [0.15, 0.2) is 5.69 Å². The van der Waals surface area contributed by atoms with E-state index in [1.54, 1.807) is 30.3 Å². The number of carbonyl (C=O) groups is 1. The number of alkyl halides is 3. The molecule has 1 aromatic heterocycles. The minimum Gasteiger partial charge on any atom is -0.365 e. The highest BCUT2D eigenvalue weighted by Gasteiger charge is 2.39. The number of hydrogen-bond acceptors (Lipinski definition) is 3. The molecule has 0 fully saturated rings. The Bertz CT molecular complexity index is 578. The summed E-state index contributed by atoms with van der Waals surface area (Å²) in [5.74, 6) is -1.12. The highest BCUT2D eigenvalue weighted by molar-refractivity contribution is 7.17. The molecule has 3 nitrogen and oxygen atoms in total. The van der Waals surface area contributed by atoms with E-state index in [0.717, 1.165) is 0 Å². The second-order valence-corrected chi connectivity index (χ2v) is 4.42. The van der Waals surface area contributed by atoms with Crippen LogP contribution in [0.3, 0.4) is 0 Å². The van der Waals surface area contributed by atoms with Crippen LogP contribution in [0.15, 0.2) is 30.3 Å². The molecular weight excluding hydrogens is 265 g/mol. The Labute approximate surface area is 104 Å². The molecule has 2 rings (SSSR count). The maximum absolute atomic E-state index is 12.7. The fraction of sp³-hybridized carbons (Fsp3) is 0.0909. The highest BCUT2D eigenvalue weighted by Crippen LogP contribution is 2.37. The van der Waals surface area contributed by atoms with Crippen molar-refractivity contribution in [3.05, 3.63) is 40.9 Å². The number of rotatable bonds is 2. The number of aromatic nitrogens is 1. The Morgan fingerprint density at radius 2 is 1.83 bits per heavy atom. The summed E-state index contributed by atoms with van der Waals surface area (Å²) in [6.45, 7) is 0. The Morgan fingerprint density at radius 3 is 2.28 bits per heavy atom. The van der Waals surface area contributed by atoms with Crippen LogP contribution in [0, 0.1) is 0 Å². The molecule has 0 saturated heterocycles. The maximum Gasteiger partial charge on any atom is 0.435 e. The van der Waals surface area contributed by atoms with Gasteiger partial charge in [-0.25, -0.2) is 4.98 Å². The van der Waals surface area contributed by atoms with E-state index >= 15 is 0 Å². The van der Waals surface area contributed by atoms with Gasteiger partial charge in [0.2, 0.25) is 0 Å². The van der Waals surface area contributed by atoms with Gasteiger partial charge in [0.05, 0.1) is 0 Å². The average molecular weight is 272 g/mol. The molecule has 0 aliphatic rings.